The highest BCUT2D eigenvalue weighted by atomic mass is 19.1. The lowest BCUT2D eigenvalue weighted by Gasteiger charge is -2.31. The number of rotatable bonds is 14. The number of Topliss-reactive ketones (excluding diaryl/α,β-unsaturated/α-hetero) is 2. The van der Waals surface area contributed by atoms with Crippen molar-refractivity contribution in [2.24, 2.45) is 10.9 Å². The molecule has 10 heteroatoms. The van der Waals surface area contributed by atoms with E-state index in [1.54, 1.807) is 25.1 Å². The molecule has 1 saturated heterocycles. The van der Waals surface area contributed by atoms with E-state index in [-0.39, 0.29) is 53.7 Å². The van der Waals surface area contributed by atoms with Gasteiger partial charge in [0.1, 0.15) is 17.4 Å². The summed E-state index contributed by atoms with van der Waals surface area (Å²) in [6, 6.07) is 8.20. The van der Waals surface area contributed by atoms with E-state index in [2.05, 4.69) is 62.2 Å². The number of fused-ring (bicyclic) bond motifs is 1. The number of likely N-dealkylation sites (tertiary alicyclic amines) is 1. The Kier molecular flexibility index (Phi) is 25.8. The summed E-state index contributed by atoms with van der Waals surface area (Å²) >= 11 is 0. The monoisotopic (exact) mass is 811 g/mol. The number of piperidine rings is 1. The Bertz CT molecular complexity index is 1870. The smallest absolute Gasteiger partial charge is 0.255 e. The molecule has 322 valence electrons. The molecule has 0 bridgehead atoms. The molecule has 0 aliphatic carbocycles. The molecular formula is C49H71FN6O3. The van der Waals surface area contributed by atoms with Crippen LogP contribution in [0.25, 0.3) is 11.3 Å². The Hall–Kier alpha value is -5.19. The lowest BCUT2D eigenvalue weighted by atomic mass is 9.99. The van der Waals surface area contributed by atoms with Crippen LogP contribution in [0.2, 0.25) is 0 Å². The molecule has 1 unspecified atom stereocenters. The highest BCUT2D eigenvalue weighted by Crippen LogP contribution is 2.34. The molecule has 1 aromatic heterocycles. The van der Waals surface area contributed by atoms with Gasteiger partial charge >= 0.3 is 0 Å². The number of hydrogen-bond acceptors (Lipinski definition) is 8. The van der Waals surface area contributed by atoms with Gasteiger partial charge in [-0.3, -0.25) is 24.3 Å². The second-order valence-electron chi connectivity index (χ2n) is 14.2. The van der Waals surface area contributed by atoms with Crippen LogP contribution in [0.15, 0.2) is 64.7 Å². The highest BCUT2D eigenvalue weighted by Gasteiger charge is 2.37. The summed E-state index contributed by atoms with van der Waals surface area (Å²) in [5.74, 6) is -0.290. The Balaban J connectivity index is 0.00000194. The van der Waals surface area contributed by atoms with Crippen molar-refractivity contribution in [2.75, 3.05) is 18.8 Å². The zero-order valence-corrected chi connectivity index (χ0v) is 38.0. The molecule has 3 heterocycles. The van der Waals surface area contributed by atoms with Gasteiger partial charge in [0.25, 0.3) is 5.91 Å². The summed E-state index contributed by atoms with van der Waals surface area (Å²) in [6.07, 6.45) is 15.8. The largest absolute Gasteiger partial charge is 0.383 e. The van der Waals surface area contributed by atoms with Crippen molar-refractivity contribution in [3.63, 3.8) is 0 Å². The molecule has 1 fully saturated rings. The van der Waals surface area contributed by atoms with Gasteiger partial charge in [0.05, 0.1) is 30.4 Å². The van der Waals surface area contributed by atoms with Crippen LogP contribution in [0.1, 0.15) is 143 Å². The van der Waals surface area contributed by atoms with E-state index in [4.69, 9.17) is 16.0 Å². The molecular weight excluding hydrogens is 740 g/mol. The molecule has 59 heavy (non-hydrogen) atoms. The first-order chi connectivity index (χ1) is 28.2. The Morgan fingerprint density at radius 3 is 2.19 bits per heavy atom. The van der Waals surface area contributed by atoms with Crippen molar-refractivity contribution in [1.82, 2.24) is 14.8 Å². The molecule has 4 rings (SSSR count). The van der Waals surface area contributed by atoms with Gasteiger partial charge in [-0.15, -0.1) is 12.8 Å². The highest BCUT2D eigenvalue weighted by molar-refractivity contribution is 6.02. The number of carbonyl (C=O) groups excluding carboxylic acids is 3. The second kappa shape index (κ2) is 28.3. The average Bonchev–Trinajstić information content (AvgIpc) is 3.58. The third-order valence-corrected chi connectivity index (χ3v) is 10.1. The Labute approximate surface area is 355 Å². The minimum absolute atomic E-state index is 0.0193. The zero-order valence-electron chi connectivity index (χ0n) is 38.0. The number of carbonyl (C=O) groups is 3. The van der Waals surface area contributed by atoms with E-state index < -0.39 is 17.8 Å². The summed E-state index contributed by atoms with van der Waals surface area (Å²) in [4.78, 5) is 50.7. The van der Waals surface area contributed by atoms with Crippen LogP contribution in [-0.2, 0) is 22.7 Å². The molecule has 0 radical (unpaired) electrons. The molecule has 3 atom stereocenters. The van der Waals surface area contributed by atoms with Crippen LogP contribution in [0.4, 0.5) is 10.2 Å². The maximum absolute atomic E-state index is 15.9. The van der Waals surface area contributed by atoms with Gasteiger partial charge in [0.2, 0.25) is 0 Å². The first-order valence-electron chi connectivity index (χ1n) is 21.1. The van der Waals surface area contributed by atoms with Gasteiger partial charge < -0.3 is 10.6 Å². The van der Waals surface area contributed by atoms with Crippen molar-refractivity contribution >= 4 is 29.0 Å². The van der Waals surface area contributed by atoms with Gasteiger partial charge in [-0.25, -0.2) is 9.37 Å². The number of nitrogens with two attached hydrogens (primary N) is 1. The number of terminal acetylenes is 1. The maximum Gasteiger partial charge on any atom is 0.255 e. The van der Waals surface area contributed by atoms with Crippen molar-refractivity contribution in [3.05, 3.63) is 82.2 Å². The normalized spacial score (nSPS) is 16.3. The number of anilines is 1. The van der Waals surface area contributed by atoms with Gasteiger partial charge in [0.15, 0.2) is 5.78 Å². The van der Waals surface area contributed by atoms with Crippen molar-refractivity contribution in [3.8, 4) is 30.2 Å². The van der Waals surface area contributed by atoms with Gasteiger partial charge in [-0.1, -0.05) is 92.2 Å². The molecule has 0 saturated carbocycles. The summed E-state index contributed by atoms with van der Waals surface area (Å²) in [6.45, 7) is 29.6. The predicted molar refractivity (Wildman–Crippen MR) is 244 cm³/mol. The molecule has 0 spiro atoms. The Morgan fingerprint density at radius 2 is 1.68 bits per heavy atom. The maximum atomic E-state index is 15.9. The predicted octanol–water partition coefficient (Wildman–Crippen LogP) is 10.9. The molecule has 1 aromatic carbocycles. The lowest BCUT2D eigenvalue weighted by Crippen LogP contribution is -2.40. The van der Waals surface area contributed by atoms with Crippen molar-refractivity contribution in [1.29, 1.82) is 5.26 Å². The van der Waals surface area contributed by atoms with E-state index >= 15 is 4.39 Å². The van der Waals surface area contributed by atoms with Gasteiger partial charge in [-0.05, 0) is 70.2 Å². The minimum Gasteiger partial charge on any atom is -0.383 e. The minimum atomic E-state index is -0.777. The fraction of sp³-hybridized carbons (Fsp3) is 0.510. The number of aromatic nitrogens is 1. The fourth-order valence-electron chi connectivity index (χ4n) is 6.60. The van der Waals surface area contributed by atoms with Gasteiger partial charge in [-0.2, -0.15) is 5.26 Å². The number of aliphatic imine (C=N–C) groups is 1. The molecule has 9 nitrogen and oxygen atoms in total. The van der Waals surface area contributed by atoms with Crippen molar-refractivity contribution in [2.45, 2.75) is 147 Å². The molecule has 2 aliphatic heterocycles. The van der Waals surface area contributed by atoms with Gasteiger partial charge in [0, 0.05) is 72.4 Å². The summed E-state index contributed by atoms with van der Waals surface area (Å²) in [5, 5.41) is 8.36. The number of ketones is 2. The number of nitrogens with zero attached hydrogens (tertiary/aromatic N) is 5. The fourth-order valence-corrected chi connectivity index (χ4v) is 6.60. The number of benzene rings is 1. The molecule has 2 aromatic rings. The molecule has 1 amide bonds. The van der Waals surface area contributed by atoms with E-state index in [1.807, 2.05) is 60.6 Å². The third-order valence-electron chi connectivity index (χ3n) is 10.1. The lowest BCUT2D eigenvalue weighted by molar-refractivity contribution is -0.122. The van der Waals surface area contributed by atoms with E-state index in [0.717, 1.165) is 54.8 Å². The van der Waals surface area contributed by atoms with E-state index in [9.17, 15) is 14.4 Å². The standard InChI is InChI=1S/C35H44FN5O3.C8H13N.2C2H6.C2H2/c1-7-23-18-40(17-16-30(23)38-29(9-3)21(4)5)19-24-10-14-31(39-34(24)37)27-13-12-26-28(33(27)36)20-41(35(26)44)32(22(6)42)15-11-25(43)8-2;1-4-7(2)5-8(3)6-9;3*1-2/h7,10,12-14,29,32H,4,8-9,11,15-20H2,1-3,5-6H3,(H2,37,39);5,7H,4H2,1-3H3;2*1-2H3;1-2H/b23-7-,38-30?;8-5+;;;/t29-,32?;7-;;;/m11.../s1. The summed E-state index contributed by atoms with van der Waals surface area (Å²) in [7, 11) is 0. The van der Waals surface area contributed by atoms with Crippen LogP contribution in [-0.4, -0.2) is 63.1 Å². The van der Waals surface area contributed by atoms with E-state index in [1.165, 1.54) is 17.4 Å². The summed E-state index contributed by atoms with van der Waals surface area (Å²) < 4.78 is 15.9. The Morgan fingerprint density at radius 1 is 1.05 bits per heavy atom. The topological polar surface area (TPSA) is 133 Å². The first kappa shape index (κ1) is 53.8. The number of halogens is 1. The number of nitrogen functional groups attached to an aromatic ring is 1. The van der Waals surface area contributed by atoms with Crippen LogP contribution in [0, 0.1) is 35.9 Å². The second-order valence-corrected chi connectivity index (χ2v) is 14.2. The number of allylic oxidation sites excluding steroid dienone is 3. The van der Waals surface area contributed by atoms with E-state index in [0.29, 0.717) is 30.4 Å². The number of pyridine rings is 1. The zero-order chi connectivity index (χ0) is 45.4. The molecule has 2 aliphatic rings. The van der Waals surface area contributed by atoms with Crippen LogP contribution >= 0.6 is 0 Å². The number of nitriles is 1. The first-order valence-corrected chi connectivity index (χ1v) is 21.1. The SMILES string of the molecule is C#C.C=C(C)[C@@H](CC)N=C1CCN(Cc2ccc(-c3ccc4c(c3F)CN(C(CCC(=O)CC)C(C)=O)C4=O)nc2N)C/C1=C/C.CC.CC.CC[C@@H](C)/C=C(\C)C#N. The summed E-state index contributed by atoms with van der Waals surface area (Å²) in [5.41, 5.74) is 12.6. The average molecular weight is 811 g/mol. The van der Waals surface area contributed by atoms with Crippen molar-refractivity contribution < 1.29 is 18.8 Å². The third kappa shape index (κ3) is 15.8. The van der Waals surface area contributed by atoms with Crippen LogP contribution < -0.4 is 5.73 Å². The van der Waals surface area contributed by atoms with Crippen LogP contribution in [0.5, 0.6) is 0 Å². The van der Waals surface area contributed by atoms with Crippen LogP contribution in [0.3, 0.4) is 0 Å². The number of hydrogen-bond donors (Lipinski definition) is 1. The number of amides is 1. The quantitative estimate of drug-likeness (QED) is 0.114. The molecule has 2 N–H and O–H groups in total.